The monoisotopic (exact) mass is 224 g/mol. The topological polar surface area (TPSA) is 41.6 Å². The summed E-state index contributed by atoms with van der Waals surface area (Å²) in [6.45, 7) is 9.83. The van der Waals surface area contributed by atoms with E-state index in [-0.39, 0.29) is 11.7 Å². The van der Waals surface area contributed by atoms with Gasteiger partial charge in [0.25, 0.3) is 0 Å². The van der Waals surface area contributed by atoms with E-state index in [0.717, 1.165) is 19.0 Å². The first-order chi connectivity index (χ1) is 7.36. The lowest BCUT2D eigenvalue weighted by Gasteiger charge is -2.47. The van der Waals surface area contributed by atoms with E-state index in [0.29, 0.717) is 17.5 Å². The van der Waals surface area contributed by atoms with Gasteiger partial charge in [-0.25, -0.2) is 4.79 Å². The molecule has 3 rings (SSSR count). The molecule has 0 aromatic carbocycles. The minimum atomic E-state index is -0.388. The van der Waals surface area contributed by atoms with Crippen molar-refractivity contribution in [2.45, 2.75) is 45.4 Å². The number of carbonyl (C=O) groups excluding carboxylic acids is 1. The molecule has 4 atom stereocenters. The number of nitrogens with zero attached hydrogens (tertiary/aromatic N) is 1. The Hall–Kier alpha value is -0.770. The average molecular weight is 224 g/mol. The Morgan fingerprint density at radius 3 is 2.75 bits per heavy atom. The summed E-state index contributed by atoms with van der Waals surface area (Å²) in [6, 6.07) is 1.03. The van der Waals surface area contributed by atoms with E-state index in [9.17, 15) is 4.79 Å². The van der Waals surface area contributed by atoms with Crippen molar-refractivity contribution in [2.24, 2.45) is 11.3 Å². The minimum absolute atomic E-state index is 0.148. The molecule has 1 saturated carbocycles. The second-order valence-corrected chi connectivity index (χ2v) is 6.41. The summed E-state index contributed by atoms with van der Waals surface area (Å²) in [5.74, 6) is 0.727. The highest BCUT2D eigenvalue weighted by atomic mass is 16.6. The van der Waals surface area contributed by atoms with Gasteiger partial charge in [-0.2, -0.15) is 0 Å². The van der Waals surface area contributed by atoms with E-state index in [1.807, 2.05) is 25.7 Å². The van der Waals surface area contributed by atoms with Crippen molar-refractivity contribution in [3.8, 4) is 0 Å². The molecular weight excluding hydrogens is 204 g/mol. The molecular formula is C12H20N2O2. The Morgan fingerprint density at radius 1 is 1.50 bits per heavy atom. The molecule has 4 nitrogen and oxygen atoms in total. The number of piperidine rings is 1. The lowest BCUT2D eigenvalue weighted by atomic mass is 9.84. The molecule has 0 aromatic heterocycles. The van der Waals surface area contributed by atoms with E-state index in [2.05, 4.69) is 12.2 Å². The molecule has 3 fully saturated rings. The number of nitrogens with one attached hydrogen (secondary N) is 1. The van der Waals surface area contributed by atoms with Gasteiger partial charge in [-0.15, -0.1) is 0 Å². The van der Waals surface area contributed by atoms with E-state index in [4.69, 9.17) is 4.74 Å². The minimum Gasteiger partial charge on any atom is -0.444 e. The van der Waals surface area contributed by atoms with Gasteiger partial charge in [0.15, 0.2) is 0 Å². The third kappa shape index (κ3) is 1.11. The predicted molar refractivity (Wildman–Crippen MR) is 60.1 cm³/mol. The highest BCUT2D eigenvalue weighted by Crippen LogP contribution is 2.65. The van der Waals surface area contributed by atoms with E-state index < -0.39 is 0 Å². The number of rotatable bonds is 0. The van der Waals surface area contributed by atoms with Gasteiger partial charge < -0.3 is 15.0 Å². The fourth-order valence-electron chi connectivity index (χ4n) is 3.52. The summed E-state index contributed by atoms with van der Waals surface area (Å²) in [4.78, 5) is 13.8. The molecule has 2 heterocycles. The first-order valence-electron chi connectivity index (χ1n) is 6.09. The summed E-state index contributed by atoms with van der Waals surface area (Å²) in [7, 11) is 0. The number of carbonyl (C=O) groups is 1. The molecule has 1 N–H and O–H groups in total. The van der Waals surface area contributed by atoms with E-state index in [1.54, 1.807) is 0 Å². The largest absolute Gasteiger partial charge is 0.444 e. The van der Waals surface area contributed by atoms with Crippen molar-refractivity contribution >= 4 is 6.09 Å². The van der Waals surface area contributed by atoms with Gasteiger partial charge in [0.2, 0.25) is 0 Å². The molecule has 2 saturated heterocycles. The summed E-state index contributed by atoms with van der Waals surface area (Å²) in [6.07, 6.45) is -0.148. The summed E-state index contributed by atoms with van der Waals surface area (Å²) in [5, 5.41) is 3.49. The molecule has 3 aliphatic rings. The van der Waals surface area contributed by atoms with Gasteiger partial charge in [-0.05, 0) is 26.7 Å². The zero-order chi connectivity index (χ0) is 11.7. The molecule has 1 unspecified atom stereocenters. The van der Waals surface area contributed by atoms with Crippen LogP contribution in [0, 0.1) is 11.3 Å². The second-order valence-electron chi connectivity index (χ2n) is 6.41. The number of likely N-dealkylation sites (tertiary alicyclic amines) is 1. The molecule has 1 spiro atoms. The first kappa shape index (κ1) is 10.4. The second kappa shape index (κ2) is 2.73. The molecule has 90 valence electrons. The quantitative estimate of drug-likeness (QED) is 0.672. The molecule has 2 aliphatic heterocycles. The van der Waals surface area contributed by atoms with Gasteiger partial charge in [0.1, 0.15) is 5.60 Å². The zero-order valence-electron chi connectivity index (χ0n) is 10.4. The van der Waals surface area contributed by atoms with Gasteiger partial charge in [-0.1, -0.05) is 6.92 Å². The van der Waals surface area contributed by atoms with Crippen LogP contribution < -0.4 is 5.32 Å². The number of hydrogen-bond donors (Lipinski definition) is 1. The van der Waals surface area contributed by atoms with Crippen LogP contribution >= 0.6 is 0 Å². The van der Waals surface area contributed by atoms with Crippen molar-refractivity contribution in [3.63, 3.8) is 0 Å². The van der Waals surface area contributed by atoms with Crippen LogP contribution in [-0.2, 0) is 4.74 Å². The van der Waals surface area contributed by atoms with Crippen LogP contribution in [0.15, 0.2) is 0 Å². The highest BCUT2D eigenvalue weighted by Gasteiger charge is 2.77. The first-order valence-corrected chi connectivity index (χ1v) is 6.09. The Balaban J connectivity index is 1.66. The Kier molecular flexibility index (Phi) is 1.77. The number of amides is 1. The standard InChI is InChI=1S/C12H20N2O2/c1-7-9-12(7)6-14(8(12)5-13-9)10(15)16-11(2,3)4/h7-9,13H,5-6H2,1-4H3/t7-,8-,9+,12?/m1/s1. The lowest BCUT2D eigenvalue weighted by Crippen LogP contribution is -2.62. The summed E-state index contributed by atoms with van der Waals surface area (Å²) < 4.78 is 5.41. The SMILES string of the molecule is C[C@@H]1[C@@H]2NC[C@H]3N(C(=O)OC(C)(C)C)CC123. The van der Waals surface area contributed by atoms with Crippen LogP contribution in [0.5, 0.6) is 0 Å². The summed E-state index contributed by atoms with van der Waals surface area (Å²) in [5.41, 5.74) is 0.0113. The van der Waals surface area contributed by atoms with Crippen molar-refractivity contribution < 1.29 is 9.53 Å². The summed E-state index contributed by atoms with van der Waals surface area (Å²) >= 11 is 0. The van der Waals surface area contributed by atoms with Crippen LogP contribution in [0.3, 0.4) is 0 Å². The zero-order valence-corrected chi connectivity index (χ0v) is 10.4. The molecule has 0 radical (unpaired) electrons. The van der Waals surface area contributed by atoms with Crippen LogP contribution in [0.2, 0.25) is 0 Å². The van der Waals surface area contributed by atoms with Crippen LogP contribution in [0.25, 0.3) is 0 Å². The molecule has 4 heteroatoms. The third-order valence-corrected chi connectivity index (χ3v) is 4.42. The Morgan fingerprint density at radius 2 is 2.19 bits per heavy atom. The predicted octanol–water partition coefficient (Wildman–Crippen LogP) is 1.21. The van der Waals surface area contributed by atoms with Crippen LogP contribution in [0.1, 0.15) is 27.7 Å². The van der Waals surface area contributed by atoms with Crippen LogP contribution in [-0.4, -0.2) is 41.8 Å². The Bertz CT molecular complexity index is 349. The van der Waals surface area contributed by atoms with Gasteiger partial charge in [0.05, 0.1) is 6.04 Å². The fourth-order valence-corrected chi connectivity index (χ4v) is 3.52. The molecule has 16 heavy (non-hydrogen) atoms. The van der Waals surface area contributed by atoms with Gasteiger partial charge in [0, 0.05) is 24.5 Å². The van der Waals surface area contributed by atoms with Crippen molar-refractivity contribution in [1.82, 2.24) is 10.2 Å². The van der Waals surface area contributed by atoms with E-state index >= 15 is 0 Å². The molecule has 1 aliphatic carbocycles. The maximum Gasteiger partial charge on any atom is 0.410 e. The maximum atomic E-state index is 11.9. The Labute approximate surface area is 96.3 Å². The number of ether oxygens (including phenoxy) is 1. The van der Waals surface area contributed by atoms with Crippen LogP contribution in [0.4, 0.5) is 4.79 Å². The van der Waals surface area contributed by atoms with Gasteiger partial charge >= 0.3 is 6.09 Å². The van der Waals surface area contributed by atoms with Crippen molar-refractivity contribution in [2.75, 3.05) is 13.1 Å². The maximum absolute atomic E-state index is 11.9. The fraction of sp³-hybridized carbons (Fsp3) is 0.917. The van der Waals surface area contributed by atoms with E-state index in [1.165, 1.54) is 0 Å². The van der Waals surface area contributed by atoms with Crippen molar-refractivity contribution in [1.29, 1.82) is 0 Å². The third-order valence-electron chi connectivity index (χ3n) is 4.42. The molecule has 0 aromatic rings. The smallest absolute Gasteiger partial charge is 0.410 e. The number of hydrogen-bond acceptors (Lipinski definition) is 3. The molecule has 1 amide bonds. The molecule has 0 bridgehead atoms. The lowest BCUT2D eigenvalue weighted by molar-refractivity contribution is -0.0342. The normalized spacial score (nSPS) is 44.5. The average Bonchev–Trinajstić information content (AvgIpc) is 2.54. The van der Waals surface area contributed by atoms with Crippen molar-refractivity contribution in [3.05, 3.63) is 0 Å². The van der Waals surface area contributed by atoms with Gasteiger partial charge in [-0.3, -0.25) is 0 Å². The highest BCUT2D eigenvalue weighted by molar-refractivity contribution is 5.71.